The van der Waals surface area contributed by atoms with E-state index in [4.69, 9.17) is 21.7 Å². The monoisotopic (exact) mass is 445 g/mol. The predicted octanol–water partition coefficient (Wildman–Crippen LogP) is -2.34. The number of carboxylic acids is 2. The van der Waals surface area contributed by atoms with E-state index in [0.29, 0.717) is 0 Å². The Kier molecular flexibility index (Phi) is 11.8. The van der Waals surface area contributed by atoms with Gasteiger partial charge in [-0.15, -0.1) is 0 Å². The molecule has 4 atom stereocenters. The molecule has 176 valence electrons. The normalized spacial score (nSPS) is 14.6. The van der Waals surface area contributed by atoms with Gasteiger partial charge in [0.2, 0.25) is 23.6 Å². The van der Waals surface area contributed by atoms with E-state index in [0.717, 1.165) is 0 Å². The molecule has 0 aliphatic heterocycles. The number of hydrogen-bond acceptors (Lipinski definition) is 7. The van der Waals surface area contributed by atoms with E-state index in [2.05, 4.69) is 16.0 Å². The molecule has 0 bridgehead atoms. The topological polar surface area (TPSA) is 231 Å². The van der Waals surface area contributed by atoms with E-state index in [-0.39, 0.29) is 25.2 Å². The first-order valence-electron chi connectivity index (χ1n) is 9.64. The Labute approximate surface area is 179 Å². The molecular weight excluding hydrogens is 414 g/mol. The molecule has 0 saturated heterocycles. The maximum atomic E-state index is 12.6. The maximum Gasteiger partial charge on any atom is 0.325 e. The predicted molar refractivity (Wildman–Crippen MR) is 107 cm³/mol. The summed E-state index contributed by atoms with van der Waals surface area (Å²) in [6.45, 7) is 4.78. The third-order valence-electron chi connectivity index (χ3n) is 4.12. The van der Waals surface area contributed by atoms with Crippen LogP contribution in [0.5, 0.6) is 0 Å². The molecule has 31 heavy (non-hydrogen) atoms. The SMILES string of the molecule is CC(C)CC(NC(=O)C(CC(=O)O)NC(=O)C(N)CCC(N)=O)C(=O)NC(C)C(=O)O. The molecule has 0 fully saturated rings. The molecule has 0 aromatic carbocycles. The van der Waals surface area contributed by atoms with Crippen LogP contribution in [-0.2, 0) is 28.8 Å². The van der Waals surface area contributed by atoms with Crippen LogP contribution in [0.4, 0.5) is 0 Å². The van der Waals surface area contributed by atoms with Gasteiger partial charge in [0, 0.05) is 6.42 Å². The van der Waals surface area contributed by atoms with Crippen molar-refractivity contribution in [3.63, 3.8) is 0 Å². The number of carbonyl (C=O) groups excluding carboxylic acids is 4. The molecule has 4 amide bonds. The zero-order valence-electron chi connectivity index (χ0n) is 17.7. The van der Waals surface area contributed by atoms with Gasteiger partial charge in [-0.2, -0.15) is 0 Å². The number of carbonyl (C=O) groups is 6. The van der Waals surface area contributed by atoms with Crippen LogP contribution in [0.2, 0.25) is 0 Å². The number of nitrogens with one attached hydrogen (secondary N) is 3. The number of carboxylic acid groups (broad SMARTS) is 2. The average molecular weight is 445 g/mol. The lowest BCUT2D eigenvalue weighted by Crippen LogP contribution is -2.57. The van der Waals surface area contributed by atoms with Crippen molar-refractivity contribution in [3.05, 3.63) is 0 Å². The highest BCUT2D eigenvalue weighted by molar-refractivity contribution is 5.95. The van der Waals surface area contributed by atoms with Crippen LogP contribution in [-0.4, -0.2) is 69.9 Å². The van der Waals surface area contributed by atoms with E-state index in [1.165, 1.54) is 6.92 Å². The highest BCUT2D eigenvalue weighted by Crippen LogP contribution is 2.07. The third kappa shape index (κ3) is 11.5. The van der Waals surface area contributed by atoms with Crippen molar-refractivity contribution in [2.24, 2.45) is 17.4 Å². The maximum absolute atomic E-state index is 12.6. The molecule has 0 aliphatic carbocycles. The van der Waals surface area contributed by atoms with Gasteiger partial charge in [0.15, 0.2) is 0 Å². The van der Waals surface area contributed by atoms with Crippen molar-refractivity contribution in [1.82, 2.24) is 16.0 Å². The minimum Gasteiger partial charge on any atom is -0.481 e. The van der Waals surface area contributed by atoms with Gasteiger partial charge in [0.05, 0.1) is 12.5 Å². The Balaban J connectivity index is 5.34. The van der Waals surface area contributed by atoms with Crippen molar-refractivity contribution >= 4 is 35.6 Å². The van der Waals surface area contributed by atoms with Crippen molar-refractivity contribution in [1.29, 1.82) is 0 Å². The smallest absolute Gasteiger partial charge is 0.325 e. The highest BCUT2D eigenvalue weighted by Gasteiger charge is 2.31. The molecule has 13 heteroatoms. The fourth-order valence-corrected chi connectivity index (χ4v) is 2.44. The molecule has 0 heterocycles. The Morgan fingerprint density at radius 3 is 1.81 bits per heavy atom. The van der Waals surface area contributed by atoms with E-state index in [1.54, 1.807) is 13.8 Å². The summed E-state index contributed by atoms with van der Waals surface area (Å²) >= 11 is 0. The van der Waals surface area contributed by atoms with Gasteiger partial charge in [0.25, 0.3) is 0 Å². The van der Waals surface area contributed by atoms with Gasteiger partial charge >= 0.3 is 11.9 Å². The quantitative estimate of drug-likeness (QED) is 0.151. The molecule has 0 radical (unpaired) electrons. The van der Waals surface area contributed by atoms with E-state index >= 15 is 0 Å². The first kappa shape index (κ1) is 27.8. The first-order chi connectivity index (χ1) is 14.2. The summed E-state index contributed by atoms with van der Waals surface area (Å²) in [5, 5.41) is 24.8. The van der Waals surface area contributed by atoms with Crippen LogP contribution in [0, 0.1) is 5.92 Å². The van der Waals surface area contributed by atoms with Crippen molar-refractivity contribution in [2.75, 3.05) is 0 Å². The van der Waals surface area contributed by atoms with Crippen LogP contribution in [0.3, 0.4) is 0 Å². The molecule has 0 aromatic rings. The summed E-state index contributed by atoms with van der Waals surface area (Å²) in [7, 11) is 0. The minimum absolute atomic E-state index is 0.0779. The van der Waals surface area contributed by atoms with Crippen LogP contribution in [0.15, 0.2) is 0 Å². The Hall–Kier alpha value is -3.22. The van der Waals surface area contributed by atoms with Crippen LogP contribution in [0.1, 0.15) is 46.5 Å². The molecular formula is C18H31N5O8. The summed E-state index contributed by atoms with van der Waals surface area (Å²) < 4.78 is 0. The molecule has 0 aliphatic rings. The van der Waals surface area contributed by atoms with Gasteiger partial charge in [-0.25, -0.2) is 0 Å². The molecule has 4 unspecified atom stereocenters. The van der Waals surface area contributed by atoms with Crippen LogP contribution < -0.4 is 27.4 Å². The van der Waals surface area contributed by atoms with Gasteiger partial charge in [-0.1, -0.05) is 13.8 Å². The van der Waals surface area contributed by atoms with E-state index in [9.17, 15) is 28.8 Å². The van der Waals surface area contributed by atoms with Crippen molar-refractivity contribution in [2.45, 2.75) is 70.6 Å². The van der Waals surface area contributed by atoms with Gasteiger partial charge in [-0.3, -0.25) is 28.8 Å². The fourth-order valence-electron chi connectivity index (χ4n) is 2.44. The standard InChI is InChI=1S/C18H31N5O8/c1-8(2)6-11(16(28)21-9(3)18(30)31)23-17(29)12(7-14(25)26)22-15(27)10(19)4-5-13(20)24/h8-12H,4-7,19H2,1-3H3,(H2,20,24)(H,21,28)(H,22,27)(H,23,29)(H,25,26)(H,30,31). The average Bonchev–Trinajstić information content (AvgIpc) is 2.63. The zero-order valence-corrected chi connectivity index (χ0v) is 17.7. The second-order valence-electron chi connectivity index (χ2n) is 7.53. The van der Waals surface area contributed by atoms with Crippen molar-refractivity contribution < 1.29 is 39.0 Å². The number of amides is 4. The summed E-state index contributed by atoms with van der Waals surface area (Å²) in [5.41, 5.74) is 10.6. The molecule has 0 saturated carbocycles. The lowest BCUT2D eigenvalue weighted by atomic mass is 10.0. The molecule has 13 nitrogen and oxygen atoms in total. The minimum atomic E-state index is -1.55. The third-order valence-corrected chi connectivity index (χ3v) is 4.12. The molecule has 0 aromatic heterocycles. The van der Waals surface area contributed by atoms with Crippen molar-refractivity contribution in [3.8, 4) is 0 Å². The van der Waals surface area contributed by atoms with Crippen LogP contribution >= 0.6 is 0 Å². The van der Waals surface area contributed by atoms with Gasteiger partial charge in [-0.05, 0) is 25.7 Å². The van der Waals surface area contributed by atoms with E-state index < -0.39 is 66.2 Å². The Bertz CT molecular complexity index is 696. The lowest BCUT2D eigenvalue weighted by molar-refractivity contribution is -0.143. The largest absolute Gasteiger partial charge is 0.481 e. The Morgan fingerprint density at radius 2 is 1.35 bits per heavy atom. The zero-order chi connectivity index (χ0) is 24.3. The summed E-state index contributed by atoms with van der Waals surface area (Å²) in [6, 6.07) is -5.13. The van der Waals surface area contributed by atoms with Gasteiger partial charge < -0.3 is 37.6 Å². The highest BCUT2D eigenvalue weighted by atomic mass is 16.4. The second kappa shape index (κ2) is 13.2. The summed E-state index contributed by atoms with van der Waals surface area (Å²) in [6.07, 6.45) is -0.936. The first-order valence-corrected chi connectivity index (χ1v) is 9.64. The van der Waals surface area contributed by atoms with Crippen LogP contribution in [0.25, 0.3) is 0 Å². The number of rotatable bonds is 14. The fraction of sp³-hybridized carbons (Fsp3) is 0.667. The lowest BCUT2D eigenvalue weighted by Gasteiger charge is -2.25. The molecule has 0 spiro atoms. The summed E-state index contributed by atoms with van der Waals surface area (Å²) in [5.74, 6) is -6.02. The van der Waals surface area contributed by atoms with Gasteiger partial charge in [0.1, 0.15) is 18.1 Å². The molecule has 0 rings (SSSR count). The summed E-state index contributed by atoms with van der Waals surface area (Å²) in [4.78, 5) is 70.1. The number of nitrogens with two attached hydrogens (primary N) is 2. The number of hydrogen-bond donors (Lipinski definition) is 7. The Morgan fingerprint density at radius 1 is 0.839 bits per heavy atom. The number of aliphatic carboxylic acids is 2. The molecule has 9 N–H and O–H groups in total. The van der Waals surface area contributed by atoms with E-state index in [1.807, 2.05) is 0 Å². The number of primary amides is 1. The second-order valence-corrected chi connectivity index (χ2v) is 7.53.